The molecule has 0 N–H and O–H groups in total. The molecular weight excluding hydrogens is 234 g/mol. The zero-order chi connectivity index (χ0) is 12.0. The van der Waals surface area contributed by atoms with E-state index in [-0.39, 0.29) is 0 Å². The number of thioether (sulfide) groups is 2. The van der Waals surface area contributed by atoms with Crippen molar-refractivity contribution in [3.05, 3.63) is 23.8 Å². The third-order valence-electron chi connectivity index (χ3n) is 1.97. The SMILES string of the molecule is CCSc1cccc(SCC(C)C)c1C#N. The molecule has 0 radical (unpaired) electrons. The maximum Gasteiger partial charge on any atom is 0.101 e. The Bertz CT molecular complexity index is 380. The van der Waals surface area contributed by atoms with Gasteiger partial charge in [-0.15, -0.1) is 23.5 Å². The van der Waals surface area contributed by atoms with Crippen LogP contribution in [0.5, 0.6) is 0 Å². The zero-order valence-electron chi connectivity index (χ0n) is 9.99. The van der Waals surface area contributed by atoms with Gasteiger partial charge in [-0.25, -0.2) is 0 Å². The monoisotopic (exact) mass is 251 g/mol. The van der Waals surface area contributed by atoms with Crippen LogP contribution >= 0.6 is 23.5 Å². The fourth-order valence-electron chi connectivity index (χ4n) is 1.27. The summed E-state index contributed by atoms with van der Waals surface area (Å²) in [6, 6.07) is 8.46. The van der Waals surface area contributed by atoms with E-state index in [1.54, 1.807) is 23.5 Å². The molecule has 0 aliphatic heterocycles. The van der Waals surface area contributed by atoms with Crippen molar-refractivity contribution in [2.45, 2.75) is 30.6 Å². The Morgan fingerprint density at radius 3 is 2.38 bits per heavy atom. The van der Waals surface area contributed by atoms with Crippen LogP contribution in [0, 0.1) is 17.2 Å². The van der Waals surface area contributed by atoms with Crippen LogP contribution in [0.25, 0.3) is 0 Å². The van der Waals surface area contributed by atoms with Gasteiger partial charge in [-0.1, -0.05) is 26.8 Å². The lowest BCUT2D eigenvalue weighted by Crippen LogP contribution is -1.93. The molecule has 0 aliphatic carbocycles. The Morgan fingerprint density at radius 2 is 1.88 bits per heavy atom. The summed E-state index contributed by atoms with van der Waals surface area (Å²) in [5, 5.41) is 9.21. The highest BCUT2D eigenvalue weighted by Crippen LogP contribution is 2.31. The molecule has 0 spiro atoms. The first-order chi connectivity index (χ1) is 7.69. The maximum atomic E-state index is 9.21. The molecule has 0 fully saturated rings. The lowest BCUT2D eigenvalue weighted by atomic mass is 10.2. The van der Waals surface area contributed by atoms with Crippen LogP contribution in [0.1, 0.15) is 26.3 Å². The van der Waals surface area contributed by atoms with Gasteiger partial charge in [-0.2, -0.15) is 5.26 Å². The average molecular weight is 251 g/mol. The summed E-state index contributed by atoms with van der Waals surface area (Å²) < 4.78 is 0. The highest BCUT2D eigenvalue weighted by Gasteiger charge is 2.08. The third kappa shape index (κ3) is 3.77. The second kappa shape index (κ2) is 6.88. The first-order valence-corrected chi connectivity index (χ1v) is 7.44. The Hall–Kier alpha value is -0.590. The molecule has 1 nitrogen and oxygen atoms in total. The zero-order valence-corrected chi connectivity index (χ0v) is 11.6. The molecule has 1 aromatic rings. The van der Waals surface area contributed by atoms with Crippen LogP contribution in [-0.2, 0) is 0 Å². The largest absolute Gasteiger partial charge is 0.192 e. The number of rotatable bonds is 5. The summed E-state index contributed by atoms with van der Waals surface area (Å²) in [6.45, 7) is 6.51. The van der Waals surface area contributed by atoms with Crippen molar-refractivity contribution in [1.82, 2.24) is 0 Å². The average Bonchev–Trinajstić information content (AvgIpc) is 2.27. The van der Waals surface area contributed by atoms with Crippen molar-refractivity contribution in [2.75, 3.05) is 11.5 Å². The molecule has 3 heteroatoms. The minimum atomic E-state index is 0.652. The smallest absolute Gasteiger partial charge is 0.101 e. The van der Waals surface area contributed by atoms with E-state index in [4.69, 9.17) is 0 Å². The summed E-state index contributed by atoms with van der Waals surface area (Å²) in [5.74, 6) is 2.72. The predicted octanol–water partition coefficient (Wildman–Crippen LogP) is 4.42. The summed E-state index contributed by atoms with van der Waals surface area (Å²) in [7, 11) is 0. The second-order valence-electron chi connectivity index (χ2n) is 3.88. The Kier molecular flexibility index (Phi) is 5.79. The quantitative estimate of drug-likeness (QED) is 0.724. The van der Waals surface area contributed by atoms with Crippen LogP contribution in [0.4, 0.5) is 0 Å². The van der Waals surface area contributed by atoms with Crippen molar-refractivity contribution in [3.63, 3.8) is 0 Å². The first kappa shape index (κ1) is 13.5. The molecule has 0 aromatic heterocycles. The number of nitrogens with zero attached hydrogens (tertiary/aromatic N) is 1. The molecular formula is C13H17NS2. The topological polar surface area (TPSA) is 23.8 Å². The van der Waals surface area contributed by atoms with Crippen molar-refractivity contribution in [2.24, 2.45) is 5.92 Å². The van der Waals surface area contributed by atoms with Crippen LogP contribution in [-0.4, -0.2) is 11.5 Å². The van der Waals surface area contributed by atoms with E-state index in [1.807, 2.05) is 18.2 Å². The highest BCUT2D eigenvalue weighted by molar-refractivity contribution is 8.00. The van der Waals surface area contributed by atoms with Crippen molar-refractivity contribution in [3.8, 4) is 6.07 Å². The van der Waals surface area contributed by atoms with Crippen LogP contribution in [0.15, 0.2) is 28.0 Å². The van der Waals surface area contributed by atoms with Crippen molar-refractivity contribution < 1.29 is 0 Å². The lowest BCUT2D eigenvalue weighted by Gasteiger charge is -2.09. The summed E-state index contributed by atoms with van der Waals surface area (Å²) in [4.78, 5) is 2.23. The summed E-state index contributed by atoms with van der Waals surface area (Å²) in [6.07, 6.45) is 0. The van der Waals surface area contributed by atoms with Crippen LogP contribution in [0.2, 0.25) is 0 Å². The van der Waals surface area contributed by atoms with Gasteiger partial charge in [0.2, 0.25) is 0 Å². The van der Waals surface area contributed by atoms with E-state index < -0.39 is 0 Å². The van der Waals surface area contributed by atoms with Crippen molar-refractivity contribution >= 4 is 23.5 Å². The molecule has 0 unspecified atom stereocenters. The molecule has 0 bridgehead atoms. The molecule has 0 aliphatic rings. The van der Waals surface area contributed by atoms with Gasteiger partial charge in [0, 0.05) is 15.5 Å². The number of benzene rings is 1. The third-order valence-corrected chi connectivity index (χ3v) is 4.40. The minimum Gasteiger partial charge on any atom is -0.192 e. The van der Waals surface area contributed by atoms with Gasteiger partial charge in [-0.3, -0.25) is 0 Å². The van der Waals surface area contributed by atoms with Crippen molar-refractivity contribution in [1.29, 1.82) is 5.26 Å². The van der Waals surface area contributed by atoms with Gasteiger partial charge in [-0.05, 0) is 23.8 Å². The fraction of sp³-hybridized carbons (Fsp3) is 0.462. The van der Waals surface area contributed by atoms with E-state index in [0.29, 0.717) is 5.92 Å². The van der Waals surface area contributed by atoms with Gasteiger partial charge in [0.25, 0.3) is 0 Å². The number of nitriles is 1. The molecule has 0 amide bonds. The Morgan fingerprint density at radius 1 is 1.25 bits per heavy atom. The van der Waals surface area contributed by atoms with Gasteiger partial charge in [0.15, 0.2) is 0 Å². The normalized spacial score (nSPS) is 10.4. The molecule has 1 aromatic carbocycles. The highest BCUT2D eigenvalue weighted by atomic mass is 32.2. The number of hydrogen-bond donors (Lipinski definition) is 0. The van der Waals surface area contributed by atoms with E-state index in [0.717, 1.165) is 26.9 Å². The standard InChI is InChI=1S/C13H17NS2/c1-4-15-12-6-5-7-13(11(12)8-14)16-9-10(2)3/h5-7,10H,4,9H2,1-3H3. The first-order valence-electron chi connectivity index (χ1n) is 5.47. The van der Waals surface area contributed by atoms with Gasteiger partial charge in [0.1, 0.15) is 6.07 Å². The van der Waals surface area contributed by atoms with Gasteiger partial charge >= 0.3 is 0 Å². The summed E-state index contributed by atoms with van der Waals surface area (Å²) >= 11 is 3.52. The molecule has 0 saturated heterocycles. The van der Waals surface area contributed by atoms with Crippen LogP contribution < -0.4 is 0 Å². The Labute approximate surface area is 107 Å². The molecule has 1 rings (SSSR count). The van der Waals surface area contributed by atoms with Gasteiger partial charge in [0.05, 0.1) is 5.56 Å². The second-order valence-corrected chi connectivity index (χ2v) is 6.25. The van der Waals surface area contributed by atoms with E-state index in [1.165, 1.54) is 0 Å². The molecule has 0 atom stereocenters. The fourth-order valence-corrected chi connectivity index (χ4v) is 3.11. The molecule has 86 valence electrons. The molecule has 0 heterocycles. The maximum absolute atomic E-state index is 9.21. The van der Waals surface area contributed by atoms with E-state index in [2.05, 4.69) is 26.8 Å². The van der Waals surface area contributed by atoms with Crippen LogP contribution in [0.3, 0.4) is 0 Å². The van der Waals surface area contributed by atoms with E-state index in [9.17, 15) is 5.26 Å². The molecule has 16 heavy (non-hydrogen) atoms. The van der Waals surface area contributed by atoms with E-state index >= 15 is 0 Å². The lowest BCUT2D eigenvalue weighted by molar-refractivity contribution is 0.750. The minimum absolute atomic E-state index is 0.652. The number of hydrogen-bond acceptors (Lipinski definition) is 3. The van der Waals surface area contributed by atoms with Gasteiger partial charge < -0.3 is 0 Å². The predicted molar refractivity (Wildman–Crippen MR) is 73.1 cm³/mol. The molecule has 0 saturated carbocycles. The summed E-state index contributed by atoms with van der Waals surface area (Å²) in [5.41, 5.74) is 0.847. The Balaban J connectivity index is 2.91.